The van der Waals surface area contributed by atoms with E-state index in [0.29, 0.717) is 5.75 Å². The van der Waals surface area contributed by atoms with Crippen LogP contribution in [0.5, 0.6) is 5.75 Å². The van der Waals surface area contributed by atoms with Crippen LogP contribution >= 0.6 is 0 Å². The molecule has 1 aliphatic heterocycles. The van der Waals surface area contributed by atoms with E-state index in [9.17, 15) is 4.79 Å². The van der Waals surface area contributed by atoms with E-state index in [0.717, 1.165) is 0 Å². The van der Waals surface area contributed by atoms with Gasteiger partial charge in [0.1, 0.15) is 12.4 Å². The molecule has 1 heterocycles. The van der Waals surface area contributed by atoms with E-state index in [-0.39, 0.29) is 13.2 Å². The average molecular weight is 224 g/mol. The van der Waals surface area contributed by atoms with Crippen molar-refractivity contribution in [1.29, 1.82) is 0 Å². The van der Waals surface area contributed by atoms with Crippen LogP contribution in [0.1, 0.15) is 0 Å². The van der Waals surface area contributed by atoms with Crippen molar-refractivity contribution in [3.8, 4) is 5.75 Å². The Kier molecular flexibility index (Phi) is 3.38. The lowest BCUT2D eigenvalue weighted by Gasteiger charge is -2.11. The molecule has 0 amide bonds. The molecule has 16 heavy (non-hydrogen) atoms. The van der Waals surface area contributed by atoms with Crippen LogP contribution in [-0.4, -0.2) is 36.7 Å². The summed E-state index contributed by atoms with van der Waals surface area (Å²) in [4.78, 5) is 10.6. The molecular formula is C11H12O5. The lowest BCUT2D eigenvalue weighted by atomic mass is 10.3. The molecule has 1 saturated heterocycles. The van der Waals surface area contributed by atoms with E-state index in [1.54, 1.807) is 0 Å². The quantitative estimate of drug-likeness (QED) is 0.822. The molecule has 1 aromatic carbocycles. The molecule has 0 radical (unpaired) electrons. The van der Waals surface area contributed by atoms with E-state index < -0.39 is 18.4 Å². The van der Waals surface area contributed by atoms with Gasteiger partial charge < -0.3 is 19.3 Å². The molecule has 0 aromatic heterocycles. The number of hydrogen-bond acceptors (Lipinski definition) is 4. The molecule has 1 aliphatic rings. The van der Waals surface area contributed by atoms with Crippen LogP contribution in [0.25, 0.3) is 0 Å². The van der Waals surface area contributed by atoms with Gasteiger partial charge in [-0.25, -0.2) is 4.79 Å². The molecule has 5 nitrogen and oxygen atoms in total. The first-order valence-electron chi connectivity index (χ1n) is 4.93. The van der Waals surface area contributed by atoms with Crippen molar-refractivity contribution >= 4 is 5.97 Å². The molecule has 0 spiro atoms. The number of hydrogen-bond donors (Lipinski definition) is 1. The van der Waals surface area contributed by atoms with Gasteiger partial charge in [-0.15, -0.1) is 0 Å². The summed E-state index contributed by atoms with van der Waals surface area (Å²) in [6.07, 6.45) is -1.49. The minimum Gasteiger partial charge on any atom is -0.488 e. The van der Waals surface area contributed by atoms with Crippen molar-refractivity contribution in [3.63, 3.8) is 0 Å². The zero-order chi connectivity index (χ0) is 11.4. The molecular weight excluding hydrogens is 212 g/mol. The van der Waals surface area contributed by atoms with Crippen molar-refractivity contribution in [3.05, 3.63) is 30.3 Å². The molecule has 1 fully saturated rings. The average Bonchev–Trinajstić information content (AvgIpc) is 2.76. The summed E-state index contributed by atoms with van der Waals surface area (Å²) in [7, 11) is 0. The summed E-state index contributed by atoms with van der Waals surface area (Å²) >= 11 is 0. The van der Waals surface area contributed by atoms with Crippen molar-refractivity contribution in [2.45, 2.75) is 12.4 Å². The molecule has 0 saturated carbocycles. The Morgan fingerprint density at radius 1 is 1.44 bits per heavy atom. The van der Waals surface area contributed by atoms with Gasteiger partial charge in [-0.2, -0.15) is 0 Å². The van der Waals surface area contributed by atoms with Crippen LogP contribution in [0.15, 0.2) is 30.3 Å². The number of carboxylic acids is 1. The normalized spacial score (nSPS) is 24.2. The van der Waals surface area contributed by atoms with Crippen LogP contribution in [0, 0.1) is 0 Å². The van der Waals surface area contributed by atoms with Gasteiger partial charge in [0.15, 0.2) is 12.4 Å². The predicted octanol–water partition coefficient (Wildman–Crippen LogP) is 0.891. The maximum Gasteiger partial charge on any atom is 0.335 e. The fraction of sp³-hybridized carbons (Fsp3) is 0.364. The molecule has 2 atom stereocenters. The van der Waals surface area contributed by atoms with Crippen molar-refractivity contribution in [2.24, 2.45) is 0 Å². The minimum absolute atomic E-state index is 0.0676. The first kappa shape index (κ1) is 10.9. The summed E-state index contributed by atoms with van der Waals surface area (Å²) in [5.41, 5.74) is 0. The lowest BCUT2D eigenvalue weighted by molar-refractivity contribution is -0.151. The maximum absolute atomic E-state index is 10.6. The molecule has 0 bridgehead atoms. The van der Waals surface area contributed by atoms with Crippen LogP contribution in [0.4, 0.5) is 0 Å². The van der Waals surface area contributed by atoms with E-state index >= 15 is 0 Å². The maximum atomic E-state index is 10.6. The molecule has 86 valence electrons. The Balaban J connectivity index is 1.78. The summed E-state index contributed by atoms with van der Waals surface area (Å²) in [5.74, 6) is -0.310. The lowest BCUT2D eigenvalue weighted by Crippen LogP contribution is -2.24. The summed E-state index contributed by atoms with van der Waals surface area (Å²) in [5, 5.41) is 8.67. The summed E-state index contributed by atoms with van der Waals surface area (Å²) in [6, 6.07) is 9.21. The Hall–Kier alpha value is -1.59. The van der Waals surface area contributed by atoms with Gasteiger partial charge in [0.25, 0.3) is 0 Å². The Morgan fingerprint density at radius 2 is 2.19 bits per heavy atom. The van der Waals surface area contributed by atoms with E-state index in [2.05, 4.69) is 0 Å². The van der Waals surface area contributed by atoms with Crippen molar-refractivity contribution < 1.29 is 24.1 Å². The third-order valence-electron chi connectivity index (χ3n) is 2.15. The van der Waals surface area contributed by atoms with Gasteiger partial charge >= 0.3 is 5.97 Å². The van der Waals surface area contributed by atoms with Crippen LogP contribution in [0.3, 0.4) is 0 Å². The molecule has 1 aromatic rings. The molecule has 5 heteroatoms. The molecule has 0 aliphatic carbocycles. The number of rotatable bonds is 4. The predicted molar refractivity (Wildman–Crippen MR) is 54.2 cm³/mol. The highest BCUT2D eigenvalue weighted by Crippen LogP contribution is 2.14. The largest absolute Gasteiger partial charge is 0.488 e. The fourth-order valence-corrected chi connectivity index (χ4v) is 1.35. The van der Waals surface area contributed by atoms with Gasteiger partial charge in [0, 0.05) is 0 Å². The topological polar surface area (TPSA) is 65.0 Å². The summed E-state index contributed by atoms with van der Waals surface area (Å²) < 4.78 is 15.6. The third-order valence-corrected chi connectivity index (χ3v) is 2.15. The van der Waals surface area contributed by atoms with Crippen LogP contribution in [0.2, 0.25) is 0 Å². The van der Waals surface area contributed by atoms with Gasteiger partial charge in [-0.05, 0) is 12.1 Å². The number of carbonyl (C=O) groups is 1. The van der Waals surface area contributed by atoms with Crippen molar-refractivity contribution in [1.82, 2.24) is 0 Å². The second-order valence-corrected chi connectivity index (χ2v) is 3.35. The first-order chi connectivity index (χ1) is 7.75. The number of ether oxygens (including phenoxy) is 3. The molecule has 0 unspecified atom stereocenters. The first-order valence-corrected chi connectivity index (χ1v) is 4.93. The van der Waals surface area contributed by atoms with E-state index in [1.807, 2.05) is 30.3 Å². The smallest absolute Gasteiger partial charge is 0.335 e. The van der Waals surface area contributed by atoms with Crippen LogP contribution < -0.4 is 4.74 Å². The van der Waals surface area contributed by atoms with Gasteiger partial charge in [0.05, 0.1) is 6.61 Å². The van der Waals surface area contributed by atoms with Crippen LogP contribution in [-0.2, 0) is 14.3 Å². The van der Waals surface area contributed by atoms with Gasteiger partial charge in [-0.3, -0.25) is 0 Å². The minimum atomic E-state index is -1.01. The monoisotopic (exact) mass is 224 g/mol. The fourth-order valence-electron chi connectivity index (χ4n) is 1.35. The number of carboxylic acid groups (broad SMARTS) is 1. The SMILES string of the molecule is O=C(O)[C@@H]1CO[C@H](COc2ccccc2)O1. The number of benzene rings is 1. The number of aliphatic carboxylic acids is 1. The Labute approximate surface area is 92.5 Å². The highest BCUT2D eigenvalue weighted by atomic mass is 16.7. The standard InChI is InChI=1S/C11H12O5/c12-11(13)9-6-15-10(16-9)7-14-8-4-2-1-3-5-8/h1-5,9-10H,6-7H2,(H,12,13)/t9-,10-/m0/s1. The zero-order valence-electron chi connectivity index (χ0n) is 8.54. The highest BCUT2D eigenvalue weighted by Gasteiger charge is 2.31. The Bertz CT molecular complexity index is 351. The molecule has 2 rings (SSSR count). The van der Waals surface area contributed by atoms with Crippen molar-refractivity contribution in [2.75, 3.05) is 13.2 Å². The van der Waals surface area contributed by atoms with E-state index in [4.69, 9.17) is 19.3 Å². The Morgan fingerprint density at radius 3 is 2.81 bits per heavy atom. The van der Waals surface area contributed by atoms with E-state index in [1.165, 1.54) is 0 Å². The zero-order valence-corrected chi connectivity index (χ0v) is 8.54. The van der Waals surface area contributed by atoms with Gasteiger partial charge in [0.2, 0.25) is 0 Å². The highest BCUT2D eigenvalue weighted by molar-refractivity contribution is 5.72. The third kappa shape index (κ3) is 2.71. The van der Waals surface area contributed by atoms with Gasteiger partial charge in [-0.1, -0.05) is 18.2 Å². The molecule has 1 N–H and O–H groups in total. The second kappa shape index (κ2) is 4.96. The second-order valence-electron chi connectivity index (χ2n) is 3.35. The number of para-hydroxylation sites is 1. The summed E-state index contributed by atoms with van der Waals surface area (Å²) in [6.45, 7) is 0.256.